The minimum Gasteiger partial charge on any atom is -0.481 e. The highest BCUT2D eigenvalue weighted by Gasteiger charge is 2.12. The molecule has 0 aromatic heterocycles. The largest absolute Gasteiger partial charge is 0.481 e. The summed E-state index contributed by atoms with van der Waals surface area (Å²) in [6.07, 6.45) is 3.61. The molecule has 4 nitrogen and oxygen atoms in total. The number of carboxylic acids is 1. The maximum atomic E-state index is 11.7. The fourth-order valence-electron chi connectivity index (χ4n) is 1.53. The van der Waals surface area contributed by atoms with Crippen molar-refractivity contribution in [3.8, 4) is 0 Å². The van der Waals surface area contributed by atoms with E-state index >= 15 is 0 Å². The lowest BCUT2D eigenvalue weighted by Crippen LogP contribution is -2.34. The molecule has 0 aliphatic carbocycles. The van der Waals surface area contributed by atoms with E-state index < -0.39 is 5.97 Å². The molecule has 1 amide bonds. The van der Waals surface area contributed by atoms with Gasteiger partial charge in [-0.1, -0.05) is 41.1 Å². The van der Waals surface area contributed by atoms with E-state index in [0.717, 1.165) is 10.0 Å². The summed E-state index contributed by atoms with van der Waals surface area (Å²) in [5.74, 6) is -1.20. The number of nitrogens with one attached hydrogen (secondary N) is 1. The lowest BCUT2D eigenvalue weighted by Gasteiger charge is -2.12. The zero-order valence-corrected chi connectivity index (χ0v) is 12.2. The van der Waals surface area contributed by atoms with Crippen LogP contribution >= 0.6 is 15.9 Å². The van der Waals surface area contributed by atoms with Crippen LogP contribution in [-0.2, 0) is 9.59 Å². The molecule has 0 bridgehead atoms. The molecule has 0 fully saturated rings. The van der Waals surface area contributed by atoms with Crippen LogP contribution in [0.5, 0.6) is 0 Å². The second-order valence-corrected chi connectivity index (χ2v) is 4.92. The number of carbonyl (C=O) groups excluding carboxylic acids is 1. The predicted octanol–water partition coefficient (Wildman–Crippen LogP) is 2.83. The van der Waals surface area contributed by atoms with Gasteiger partial charge in [-0.05, 0) is 24.1 Å². The quantitative estimate of drug-likeness (QED) is 0.790. The molecule has 2 N–H and O–H groups in total. The second-order valence-electron chi connectivity index (χ2n) is 4.07. The van der Waals surface area contributed by atoms with Gasteiger partial charge in [0.05, 0.1) is 6.42 Å². The van der Waals surface area contributed by atoms with Gasteiger partial charge in [-0.25, -0.2) is 0 Å². The molecule has 0 radical (unpaired) electrons. The first-order valence-electron chi connectivity index (χ1n) is 5.97. The zero-order valence-electron chi connectivity index (χ0n) is 10.6. The van der Waals surface area contributed by atoms with Crippen molar-refractivity contribution in [2.24, 2.45) is 0 Å². The first-order chi connectivity index (χ1) is 9.02. The first-order valence-corrected chi connectivity index (χ1v) is 6.77. The SMILES string of the molecule is CCC(CC(=O)O)NC(=O)/C=C/c1ccccc1Br. The molecule has 1 aromatic carbocycles. The van der Waals surface area contributed by atoms with E-state index in [9.17, 15) is 9.59 Å². The molecule has 5 heteroatoms. The highest BCUT2D eigenvalue weighted by Crippen LogP contribution is 2.16. The third-order valence-corrected chi connectivity index (χ3v) is 3.30. The summed E-state index contributed by atoms with van der Waals surface area (Å²) in [6, 6.07) is 7.19. The Morgan fingerprint density at radius 3 is 2.68 bits per heavy atom. The van der Waals surface area contributed by atoms with Gasteiger partial charge in [-0.15, -0.1) is 0 Å². The van der Waals surface area contributed by atoms with E-state index in [0.29, 0.717) is 6.42 Å². The van der Waals surface area contributed by atoms with E-state index in [4.69, 9.17) is 5.11 Å². The van der Waals surface area contributed by atoms with Crippen LogP contribution < -0.4 is 5.32 Å². The number of benzene rings is 1. The molecule has 1 atom stereocenters. The number of hydrogen-bond donors (Lipinski definition) is 2. The fourth-order valence-corrected chi connectivity index (χ4v) is 1.95. The molecule has 1 aromatic rings. The Morgan fingerprint density at radius 1 is 1.42 bits per heavy atom. The first kappa shape index (κ1) is 15.4. The fraction of sp³-hybridized carbons (Fsp3) is 0.286. The van der Waals surface area contributed by atoms with Crippen LogP contribution in [0, 0.1) is 0 Å². The van der Waals surface area contributed by atoms with Crippen LogP contribution in [0.1, 0.15) is 25.3 Å². The molecule has 102 valence electrons. The molecule has 0 heterocycles. The van der Waals surface area contributed by atoms with Crippen molar-refractivity contribution < 1.29 is 14.7 Å². The van der Waals surface area contributed by atoms with Crippen LogP contribution in [0.4, 0.5) is 0 Å². The molecular weight excluding hydrogens is 310 g/mol. The smallest absolute Gasteiger partial charge is 0.305 e. The zero-order chi connectivity index (χ0) is 14.3. The molecule has 1 unspecified atom stereocenters. The van der Waals surface area contributed by atoms with Crippen molar-refractivity contribution in [3.63, 3.8) is 0 Å². The van der Waals surface area contributed by atoms with Gasteiger partial charge in [0.2, 0.25) is 5.91 Å². The molecule has 0 aliphatic heterocycles. The molecule has 0 spiro atoms. The summed E-state index contributed by atoms with van der Waals surface area (Å²) in [4.78, 5) is 22.3. The van der Waals surface area contributed by atoms with Gasteiger partial charge >= 0.3 is 5.97 Å². The van der Waals surface area contributed by atoms with Gasteiger partial charge in [-0.3, -0.25) is 9.59 Å². The summed E-state index contributed by atoms with van der Waals surface area (Å²) in [7, 11) is 0. The summed E-state index contributed by atoms with van der Waals surface area (Å²) < 4.78 is 0.900. The average Bonchev–Trinajstić information content (AvgIpc) is 2.36. The number of halogens is 1. The third kappa shape index (κ3) is 5.70. The topological polar surface area (TPSA) is 66.4 Å². The molecule has 0 aliphatic rings. The molecule has 0 saturated carbocycles. The maximum Gasteiger partial charge on any atom is 0.305 e. The van der Waals surface area contributed by atoms with Crippen molar-refractivity contribution in [1.29, 1.82) is 0 Å². The summed E-state index contributed by atoms with van der Waals surface area (Å²) in [5, 5.41) is 11.4. The van der Waals surface area contributed by atoms with Crippen molar-refractivity contribution in [2.75, 3.05) is 0 Å². The Kier molecular flexibility index (Phi) is 6.29. The lowest BCUT2D eigenvalue weighted by atomic mass is 10.1. The van der Waals surface area contributed by atoms with Gasteiger partial charge < -0.3 is 10.4 Å². The lowest BCUT2D eigenvalue weighted by molar-refractivity contribution is -0.137. The standard InChI is InChI=1S/C14H16BrNO3/c1-2-11(9-14(18)19)16-13(17)8-7-10-5-3-4-6-12(10)15/h3-8,11H,2,9H2,1H3,(H,16,17)(H,18,19)/b8-7+. The molecule has 0 saturated heterocycles. The predicted molar refractivity (Wildman–Crippen MR) is 77.7 cm³/mol. The van der Waals surface area contributed by atoms with E-state index in [1.165, 1.54) is 6.08 Å². The van der Waals surface area contributed by atoms with Crippen LogP contribution in [0.15, 0.2) is 34.8 Å². The van der Waals surface area contributed by atoms with Crippen molar-refractivity contribution in [3.05, 3.63) is 40.4 Å². The van der Waals surface area contributed by atoms with Crippen LogP contribution in [0.3, 0.4) is 0 Å². The highest BCUT2D eigenvalue weighted by atomic mass is 79.9. The number of carbonyl (C=O) groups is 2. The third-order valence-electron chi connectivity index (χ3n) is 2.58. The van der Waals surface area contributed by atoms with Crippen LogP contribution in [0.2, 0.25) is 0 Å². The summed E-state index contributed by atoms with van der Waals surface area (Å²) in [6.45, 7) is 1.84. The van der Waals surface area contributed by atoms with Crippen molar-refractivity contribution in [2.45, 2.75) is 25.8 Å². The molecule has 1 rings (SSSR count). The van der Waals surface area contributed by atoms with E-state index in [-0.39, 0.29) is 18.4 Å². The van der Waals surface area contributed by atoms with Gasteiger partial charge in [-0.2, -0.15) is 0 Å². The summed E-state index contributed by atoms with van der Waals surface area (Å²) in [5.41, 5.74) is 0.893. The average molecular weight is 326 g/mol. The van der Waals surface area contributed by atoms with Gasteiger partial charge in [0.15, 0.2) is 0 Å². The number of hydrogen-bond acceptors (Lipinski definition) is 2. The maximum absolute atomic E-state index is 11.7. The molecular formula is C14H16BrNO3. The minimum atomic E-state index is -0.915. The van der Waals surface area contributed by atoms with Crippen LogP contribution in [-0.4, -0.2) is 23.0 Å². The number of aliphatic carboxylic acids is 1. The normalized spacial score (nSPS) is 12.3. The van der Waals surface area contributed by atoms with Crippen LogP contribution in [0.25, 0.3) is 6.08 Å². The second kappa shape index (κ2) is 7.74. The Hall–Kier alpha value is -1.62. The monoisotopic (exact) mass is 325 g/mol. The molecule has 19 heavy (non-hydrogen) atoms. The number of amides is 1. The van der Waals surface area contributed by atoms with E-state index in [1.54, 1.807) is 6.08 Å². The minimum absolute atomic E-state index is 0.0644. The van der Waals surface area contributed by atoms with E-state index in [2.05, 4.69) is 21.2 Å². The number of rotatable bonds is 6. The summed E-state index contributed by atoms with van der Waals surface area (Å²) >= 11 is 3.38. The van der Waals surface area contributed by atoms with Crippen molar-refractivity contribution >= 4 is 33.9 Å². The Bertz CT molecular complexity index is 485. The Labute approximate surface area is 120 Å². The van der Waals surface area contributed by atoms with Crippen molar-refractivity contribution in [1.82, 2.24) is 5.32 Å². The van der Waals surface area contributed by atoms with Gasteiger partial charge in [0.25, 0.3) is 0 Å². The highest BCUT2D eigenvalue weighted by molar-refractivity contribution is 9.10. The van der Waals surface area contributed by atoms with Gasteiger partial charge in [0, 0.05) is 16.6 Å². The Morgan fingerprint density at radius 2 is 2.11 bits per heavy atom. The number of carboxylic acid groups (broad SMARTS) is 1. The van der Waals surface area contributed by atoms with Gasteiger partial charge in [0.1, 0.15) is 0 Å². The Balaban J connectivity index is 2.59. The van der Waals surface area contributed by atoms with E-state index in [1.807, 2.05) is 31.2 Å².